The van der Waals surface area contributed by atoms with E-state index in [9.17, 15) is 27.6 Å². The van der Waals surface area contributed by atoms with E-state index in [2.05, 4.69) is 16.0 Å². The van der Waals surface area contributed by atoms with Gasteiger partial charge in [0, 0.05) is 36.8 Å². The average Bonchev–Trinajstić information content (AvgIpc) is 3.22. The number of rotatable bonds is 6. The van der Waals surface area contributed by atoms with Crippen molar-refractivity contribution in [3.63, 3.8) is 0 Å². The molecule has 3 N–H and O–H groups in total. The maximum atomic E-state index is 12.8. The highest BCUT2D eigenvalue weighted by Gasteiger charge is 2.31. The Morgan fingerprint density at radius 2 is 1.74 bits per heavy atom. The monoisotopic (exact) mass is 438 g/mol. The van der Waals surface area contributed by atoms with E-state index in [1.165, 1.54) is 12.1 Å². The fourth-order valence-corrected chi connectivity index (χ4v) is 3.00. The Morgan fingerprint density at radius 3 is 2.35 bits per heavy atom. The number of ether oxygens (including phenoxy) is 1. The summed E-state index contributed by atoms with van der Waals surface area (Å²) >= 11 is 0. The fraction of sp³-hybridized carbons (Fsp3) is 0.350. The first-order valence-corrected chi connectivity index (χ1v) is 9.55. The highest BCUT2D eigenvalue weighted by atomic mass is 19.4. The normalized spacial score (nSPS) is 16.0. The first-order chi connectivity index (χ1) is 14.7. The lowest BCUT2D eigenvalue weighted by molar-refractivity contribution is -0.138. The molecule has 1 aromatic heterocycles. The molecule has 1 saturated heterocycles. The zero-order chi connectivity index (χ0) is 22.4. The number of nitrogens with one attached hydrogen (secondary N) is 3. The van der Waals surface area contributed by atoms with Crippen LogP contribution in [0, 0.1) is 0 Å². The minimum atomic E-state index is -4.62. The second kappa shape index (κ2) is 9.65. The number of alkyl halides is 3. The lowest BCUT2D eigenvalue weighted by Crippen LogP contribution is -2.35. The van der Waals surface area contributed by atoms with Crippen molar-refractivity contribution in [2.45, 2.75) is 31.7 Å². The third-order valence-electron chi connectivity index (χ3n) is 4.57. The first kappa shape index (κ1) is 22.3. The number of hydrogen-bond acceptors (Lipinski definition) is 4. The van der Waals surface area contributed by atoms with Crippen molar-refractivity contribution in [2.75, 3.05) is 23.8 Å². The van der Waals surface area contributed by atoms with Crippen molar-refractivity contribution in [2.24, 2.45) is 0 Å². The molecule has 1 aliphatic rings. The summed E-state index contributed by atoms with van der Waals surface area (Å²) in [5.74, 6) is -0.670. The van der Waals surface area contributed by atoms with Gasteiger partial charge in [0.25, 0.3) is 5.56 Å². The van der Waals surface area contributed by atoms with Gasteiger partial charge in [-0.25, -0.2) is 4.79 Å². The van der Waals surface area contributed by atoms with E-state index in [-0.39, 0.29) is 6.10 Å². The van der Waals surface area contributed by atoms with Crippen molar-refractivity contribution in [1.29, 1.82) is 0 Å². The van der Waals surface area contributed by atoms with Crippen molar-refractivity contribution >= 4 is 23.3 Å². The molecule has 1 aromatic carbocycles. The number of urea groups is 1. The summed E-state index contributed by atoms with van der Waals surface area (Å²) in [6.45, 7) is 0.535. The van der Waals surface area contributed by atoms with Crippen LogP contribution in [0.5, 0.6) is 0 Å². The van der Waals surface area contributed by atoms with Crippen LogP contribution in [0.15, 0.2) is 47.4 Å². The summed E-state index contributed by atoms with van der Waals surface area (Å²) in [7, 11) is 0. The molecule has 11 heteroatoms. The van der Waals surface area contributed by atoms with E-state index >= 15 is 0 Å². The molecule has 8 nitrogen and oxygen atoms in total. The van der Waals surface area contributed by atoms with Gasteiger partial charge in [0.05, 0.1) is 11.7 Å². The Bertz CT molecular complexity index is 983. The van der Waals surface area contributed by atoms with Crippen LogP contribution in [-0.4, -0.2) is 35.8 Å². The molecular weight excluding hydrogens is 417 g/mol. The SMILES string of the molecule is O=C(Cn1cc(C(F)(F)F)ccc1=O)Nc1ccc(NC(=O)NCC2CCCO2)cc1. The number of nitrogens with zero attached hydrogens (tertiary/aromatic N) is 1. The minimum Gasteiger partial charge on any atom is -0.376 e. The smallest absolute Gasteiger partial charge is 0.376 e. The molecule has 0 aliphatic carbocycles. The summed E-state index contributed by atoms with van der Waals surface area (Å²) in [6, 6.07) is 7.18. The van der Waals surface area contributed by atoms with Crippen molar-refractivity contribution < 1.29 is 27.5 Å². The Labute approximate surface area is 175 Å². The molecule has 1 aliphatic heterocycles. The van der Waals surface area contributed by atoms with Crippen LogP contribution in [0.25, 0.3) is 0 Å². The quantitative estimate of drug-likeness (QED) is 0.646. The number of aromatic nitrogens is 1. The molecule has 2 heterocycles. The molecule has 3 amide bonds. The van der Waals surface area contributed by atoms with Crippen molar-refractivity contribution in [3.05, 3.63) is 58.5 Å². The van der Waals surface area contributed by atoms with Crippen LogP contribution >= 0.6 is 0 Å². The molecule has 1 unspecified atom stereocenters. The third kappa shape index (κ3) is 6.57. The maximum absolute atomic E-state index is 12.8. The van der Waals surface area contributed by atoms with Crippen LogP contribution in [-0.2, 0) is 22.3 Å². The van der Waals surface area contributed by atoms with E-state index in [0.29, 0.717) is 41.4 Å². The zero-order valence-corrected chi connectivity index (χ0v) is 16.4. The highest BCUT2D eigenvalue weighted by molar-refractivity contribution is 5.92. The molecule has 0 spiro atoms. The Balaban J connectivity index is 1.52. The van der Waals surface area contributed by atoms with Gasteiger partial charge in [0.2, 0.25) is 5.91 Å². The van der Waals surface area contributed by atoms with Gasteiger partial charge >= 0.3 is 12.2 Å². The molecule has 166 valence electrons. The number of amides is 3. The summed E-state index contributed by atoms with van der Waals surface area (Å²) in [5.41, 5.74) is -0.905. The summed E-state index contributed by atoms with van der Waals surface area (Å²) in [5, 5.41) is 7.85. The molecule has 1 atom stereocenters. The molecule has 31 heavy (non-hydrogen) atoms. The van der Waals surface area contributed by atoms with E-state index in [1.807, 2.05) is 0 Å². The number of hydrogen-bond donors (Lipinski definition) is 3. The molecule has 0 saturated carbocycles. The van der Waals surface area contributed by atoms with E-state index in [1.54, 1.807) is 12.1 Å². The van der Waals surface area contributed by atoms with Gasteiger partial charge in [0.1, 0.15) is 6.54 Å². The standard InChI is InChI=1S/C20H21F3N4O4/c21-20(22,23)13-3-8-18(29)27(11-13)12-17(28)25-14-4-6-15(7-5-14)26-19(30)24-10-16-2-1-9-31-16/h3-8,11,16H,1-2,9-10,12H2,(H,25,28)(H2,24,26,30). The number of pyridine rings is 1. The molecule has 0 bridgehead atoms. The summed E-state index contributed by atoms with van der Waals surface area (Å²) < 4.78 is 44.5. The number of benzene rings is 1. The molecule has 0 radical (unpaired) electrons. The van der Waals surface area contributed by atoms with Gasteiger partial charge in [-0.15, -0.1) is 0 Å². The van der Waals surface area contributed by atoms with Crippen LogP contribution in [0.4, 0.5) is 29.3 Å². The predicted octanol–water partition coefficient (Wildman–Crippen LogP) is 2.81. The molecule has 2 aromatic rings. The van der Waals surface area contributed by atoms with Gasteiger partial charge < -0.3 is 25.3 Å². The number of halogens is 3. The lowest BCUT2D eigenvalue weighted by atomic mass is 10.2. The van der Waals surface area contributed by atoms with Crippen molar-refractivity contribution in [1.82, 2.24) is 9.88 Å². The van der Waals surface area contributed by atoms with Gasteiger partial charge in [-0.2, -0.15) is 13.2 Å². The van der Waals surface area contributed by atoms with Crippen LogP contribution in [0.1, 0.15) is 18.4 Å². The van der Waals surface area contributed by atoms with Gasteiger partial charge in [-0.3, -0.25) is 9.59 Å². The zero-order valence-electron chi connectivity index (χ0n) is 16.4. The van der Waals surface area contributed by atoms with E-state index in [0.717, 1.165) is 18.9 Å². The third-order valence-corrected chi connectivity index (χ3v) is 4.57. The Kier molecular flexibility index (Phi) is 6.95. The first-order valence-electron chi connectivity index (χ1n) is 9.55. The van der Waals surface area contributed by atoms with Gasteiger partial charge in [-0.1, -0.05) is 0 Å². The molecular formula is C20H21F3N4O4. The molecule has 3 rings (SSSR count). The lowest BCUT2D eigenvalue weighted by Gasteiger charge is -2.12. The number of carbonyl (C=O) groups is 2. The highest BCUT2D eigenvalue weighted by Crippen LogP contribution is 2.28. The topological polar surface area (TPSA) is 101 Å². The molecule has 1 fully saturated rings. The van der Waals surface area contributed by atoms with Gasteiger partial charge in [0.15, 0.2) is 0 Å². The van der Waals surface area contributed by atoms with Crippen LogP contribution in [0.3, 0.4) is 0 Å². The van der Waals surface area contributed by atoms with E-state index in [4.69, 9.17) is 4.74 Å². The Morgan fingerprint density at radius 1 is 1.06 bits per heavy atom. The summed E-state index contributed by atoms with van der Waals surface area (Å²) in [6.07, 6.45) is -2.12. The van der Waals surface area contributed by atoms with Crippen LogP contribution in [0.2, 0.25) is 0 Å². The predicted molar refractivity (Wildman–Crippen MR) is 107 cm³/mol. The summed E-state index contributed by atoms with van der Waals surface area (Å²) in [4.78, 5) is 35.8. The maximum Gasteiger partial charge on any atom is 0.417 e. The Hall–Kier alpha value is -3.34. The number of carbonyl (C=O) groups excluding carboxylic acids is 2. The largest absolute Gasteiger partial charge is 0.417 e. The average molecular weight is 438 g/mol. The fourth-order valence-electron chi connectivity index (χ4n) is 3.00. The van der Waals surface area contributed by atoms with E-state index < -0.39 is 35.8 Å². The second-order valence-corrected chi connectivity index (χ2v) is 6.98. The minimum absolute atomic E-state index is 0.0210. The second-order valence-electron chi connectivity index (χ2n) is 6.98. The van der Waals surface area contributed by atoms with Crippen LogP contribution < -0.4 is 21.5 Å². The number of anilines is 2. The van der Waals surface area contributed by atoms with Gasteiger partial charge in [-0.05, 0) is 43.2 Å². The van der Waals surface area contributed by atoms with Crippen molar-refractivity contribution in [3.8, 4) is 0 Å².